The summed E-state index contributed by atoms with van der Waals surface area (Å²) in [6, 6.07) is 11.6. The Hall–Kier alpha value is -2.56. The molecule has 1 saturated heterocycles. The minimum atomic E-state index is -0.264. The van der Waals surface area contributed by atoms with Gasteiger partial charge in [-0.3, -0.25) is 4.79 Å². The molecule has 5 heteroatoms. The second-order valence-electron chi connectivity index (χ2n) is 5.78. The fourth-order valence-electron chi connectivity index (χ4n) is 3.24. The number of likely N-dealkylation sites (tertiary alicyclic amines) is 1. The summed E-state index contributed by atoms with van der Waals surface area (Å²) in [5.74, 6) is 0.974. The van der Waals surface area contributed by atoms with Gasteiger partial charge in [0, 0.05) is 12.1 Å². The Kier molecular flexibility index (Phi) is 3.41. The van der Waals surface area contributed by atoms with Gasteiger partial charge in [0.1, 0.15) is 5.82 Å². The Labute approximate surface area is 133 Å². The maximum absolute atomic E-state index is 13.1. The van der Waals surface area contributed by atoms with Gasteiger partial charge in [-0.05, 0) is 48.7 Å². The van der Waals surface area contributed by atoms with E-state index in [9.17, 15) is 9.18 Å². The monoisotopic (exact) mass is 313 g/mol. The number of hydrogen-bond donors (Lipinski definition) is 0. The number of ether oxygens (including phenoxy) is 2. The molecule has 0 aromatic heterocycles. The van der Waals surface area contributed by atoms with E-state index in [1.54, 1.807) is 30.3 Å². The molecule has 4 nitrogen and oxygen atoms in total. The number of carbonyl (C=O) groups excluding carboxylic acids is 1. The van der Waals surface area contributed by atoms with Crippen molar-refractivity contribution in [1.29, 1.82) is 0 Å². The van der Waals surface area contributed by atoms with Crippen LogP contribution >= 0.6 is 0 Å². The Bertz CT molecular complexity index is 744. The molecule has 23 heavy (non-hydrogen) atoms. The second-order valence-corrected chi connectivity index (χ2v) is 5.78. The van der Waals surface area contributed by atoms with Crippen LogP contribution in [0.4, 0.5) is 4.39 Å². The number of nitrogens with zero attached hydrogens (tertiary/aromatic N) is 1. The SMILES string of the molecule is O=C(c1ccc2c(c1)OCO2)N1CCC[C@H]1c1ccc(F)cc1. The van der Waals surface area contributed by atoms with Gasteiger partial charge in [-0.2, -0.15) is 0 Å². The Balaban J connectivity index is 1.60. The first-order chi connectivity index (χ1) is 11.2. The summed E-state index contributed by atoms with van der Waals surface area (Å²) in [5, 5.41) is 0. The number of fused-ring (bicyclic) bond motifs is 1. The molecule has 0 radical (unpaired) electrons. The third-order valence-corrected chi connectivity index (χ3v) is 4.39. The predicted molar refractivity (Wildman–Crippen MR) is 82.0 cm³/mol. The fourth-order valence-corrected chi connectivity index (χ4v) is 3.24. The van der Waals surface area contributed by atoms with E-state index in [-0.39, 0.29) is 24.6 Å². The molecule has 0 aliphatic carbocycles. The van der Waals surface area contributed by atoms with Crippen LogP contribution in [-0.4, -0.2) is 24.1 Å². The number of hydrogen-bond acceptors (Lipinski definition) is 3. The fraction of sp³-hybridized carbons (Fsp3) is 0.278. The standard InChI is InChI=1S/C18H16FNO3/c19-14-6-3-12(4-7-14)15-2-1-9-20(15)18(21)13-5-8-16-17(10-13)23-11-22-16/h3-8,10,15H,1-2,9,11H2/t15-/m0/s1. The summed E-state index contributed by atoms with van der Waals surface area (Å²) in [6.07, 6.45) is 1.83. The molecule has 0 N–H and O–H groups in total. The molecule has 1 atom stereocenters. The second kappa shape index (κ2) is 5.57. The van der Waals surface area contributed by atoms with E-state index >= 15 is 0 Å². The quantitative estimate of drug-likeness (QED) is 0.851. The molecule has 0 bridgehead atoms. The van der Waals surface area contributed by atoms with Crippen molar-refractivity contribution in [2.45, 2.75) is 18.9 Å². The number of carbonyl (C=O) groups is 1. The van der Waals surface area contributed by atoms with Crippen LogP contribution in [-0.2, 0) is 0 Å². The molecule has 2 heterocycles. The normalized spacial score (nSPS) is 19.2. The van der Waals surface area contributed by atoms with Crippen molar-refractivity contribution < 1.29 is 18.7 Å². The van der Waals surface area contributed by atoms with E-state index < -0.39 is 0 Å². The summed E-state index contributed by atoms with van der Waals surface area (Å²) < 4.78 is 23.7. The highest BCUT2D eigenvalue weighted by Gasteiger charge is 2.31. The highest BCUT2D eigenvalue weighted by molar-refractivity contribution is 5.95. The molecule has 4 rings (SSSR count). The van der Waals surface area contributed by atoms with Gasteiger partial charge < -0.3 is 14.4 Å². The van der Waals surface area contributed by atoms with Crippen molar-refractivity contribution in [2.24, 2.45) is 0 Å². The predicted octanol–water partition coefficient (Wildman–Crippen LogP) is 3.53. The number of benzene rings is 2. The summed E-state index contributed by atoms with van der Waals surface area (Å²) in [5.41, 5.74) is 1.56. The smallest absolute Gasteiger partial charge is 0.254 e. The lowest BCUT2D eigenvalue weighted by atomic mass is 10.0. The minimum absolute atomic E-state index is 0.00600. The first-order valence-corrected chi connectivity index (χ1v) is 7.68. The zero-order valence-corrected chi connectivity index (χ0v) is 12.5. The molecular formula is C18H16FNO3. The van der Waals surface area contributed by atoms with Gasteiger partial charge in [0.15, 0.2) is 11.5 Å². The third kappa shape index (κ3) is 2.52. The van der Waals surface area contributed by atoms with Crippen molar-refractivity contribution in [1.82, 2.24) is 4.90 Å². The van der Waals surface area contributed by atoms with E-state index in [0.29, 0.717) is 23.6 Å². The van der Waals surface area contributed by atoms with E-state index in [2.05, 4.69) is 0 Å². The molecule has 0 unspecified atom stereocenters. The molecule has 0 spiro atoms. The van der Waals surface area contributed by atoms with Crippen molar-refractivity contribution in [3.63, 3.8) is 0 Å². The summed E-state index contributed by atoms with van der Waals surface area (Å²) in [4.78, 5) is 14.7. The van der Waals surface area contributed by atoms with Crippen LogP contribution in [0.2, 0.25) is 0 Å². The van der Waals surface area contributed by atoms with Crippen LogP contribution < -0.4 is 9.47 Å². The van der Waals surface area contributed by atoms with Crippen molar-refractivity contribution >= 4 is 5.91 Å². The Morgan fingerprint density at radius 1 is 1.09 bits per heavy atom. The molecule has 1 fully saturated rings. The number of rotatable bonds is 2. The van der Waals surface area contributed by atoms with Gasteiger partial charge in [-0.15, -0.1) is 0 Å². The maximum Gasteiger partial charge on any atom is 0.254 e. The summed E-state index contributed by atoms with van der Waals surface area (Å²) >= 11 is 0. The first kappa shape index (κ1) is 14.1. The van der Waals surface area contributed by atoms with Crippen LogP contribution in [0.1, 0.15) is 34.8 Å². The molecule has 2 aliphatic rings. The van der Waals surface area contributed by atoms with E-state index in [1.807, 2.05) is 4.90 Å². The van der Waals surface area contributed by atoms with Gasteiger partial charge in [0.05, 0.1) is 6.04 Å². The van der Waals surface area contributed by atoms with Crippen LogP contribution in [0.5, 0.6) is 11.5 Å². The molecule has 118 valence electrons. The average molecular weight is 313 g/mol. The topological polar surface area (TPSA) is 38.8 Å². The number of amides is 1. The largest absolute Gasteiger partial charge is 0.454 e. The zero-order valence-electron chi connectivity index (χ0n) is 12.5. The van der Waals surface area contributed by atoms with Crippen molar-refractivity contribution in [3.8, 4) is 11.5 Å². The molecule has 2 aromatic rings. The maximum atomic E-state index is 13.1. The molecule has 2 aromatic carbocycles. The van der Waals surface area contributed by atoms with Gasteiger partial charge >= 0.3 is 0 Å². The van der Waals surface area contributed by atoms with E-state index in [0.717, 1.165) is 18.4 Å². The van der Waals surface area contributed by atoms with Gasteiger partial charge in [0.25, 0.3) is 5.91 Å². The Morgan fingerprint density at radius 2 is 1.87 bits per heavy atom. The highest BCUT2D eigenvalue weighted by Crippen LogP contribution is 2.36. The third-order valence-electron chi connectivity index (χ3n) is 4.39. The lowest BCUT2D eigenvalue weighted by molar-refractivity contribution is 0.0735. The van der Waals surface area contributed by atoms with Crippen LogP contribution in [0.3, 0.4) is 0 Å². The Morgan fingerprint density at radius 3 is 2.70 bits per heavy atom. The van der Waals surface area contributed by atoms with Gasteiger partial charge in [-0.25, -0.2) is 4.39 Å². The van der Waals surface area contributed by atoms with Crippen LogP contribution in [0.25, 0.3) is 0 Å². The molecule has 1 amide bonds. The summed E-state index contributed by atoms with van der Waals surface area (Å²) in [6.45, 7) is 0.893. The summed E-state index contributed by atoms with van der Waals surface area (Å²) in [7, 11) is 0. The molecule has 2 aliphatic heterocycles. The lowest BCUT2D eigenvalue weighted by Crippen LogP contribution is -2.30. The minimum Gasteiger partial charge on any atom is -0.454 e. The molecular weight excluding hydrogens is 297 g/mol. The van der Waals surface area contributed by atoms with Crippen LogP contribution in [0.15, 0.2) is 42.5 Å². The van der Waals surface area contributed by atoms with Crippen molar-refractivity contribution in [2.75, 3.05) is 13.3 Å². The van der Waals surface area contributed by atoms with E-state index in [4.69, 9.17) is 9.47 Å². The van der Waals surface area contributed by atoms with Gasteiger partial charge in [0.2, 0.25) is 6.79 Å². The molecule has 0 saturated carbocycles. The first-order valence-electron chi connectivity index (χ1n) is 7.68. The van der Waals surface area contributed by atoms with Gasteiger partial charge in [-0.1, -0.05) is 12.1 Å². The average Bonchev–Trinajstić information content (AvgIpc) is 3.23. The van der Waals surface area contributed by atoms with Crippen molar-refractivity contribution in [3.05, 3.63) is 59.4 Å². The highest BCUT2D eigenvalue weighted by atomic mass is 19.1. The van der Waals surface area contributed by atoms with Crippen LogP contribution in [0, 0.1) is 5.82 Å². The number of halogens is 1. The zero-order chi connectivity index (χ0) is 15.8. The lowest BCUT2D eigenvalue weighted by Gasteiger charge is -2.25. The van der Waals surface area contributed by atoms with E-state index in [1.165, 1.54) is 12.1 Å².